The largest absolute Gasteiger partial charge is 0.354 e. The van der Waals surface area contributed by atoms with E-state index in [1.54, 1.807) is 0 Å². The fourth-order valence-electron chi connectivity index (χ4n) is 8.21. The SMILES string of the molecule is Cc1ccc(Nc2c(-c3c4c(cc5ccccc35)N3c5ccccc5C(C)(C)c5cccc(c53)[B]4)ccc3sc4ccccc4c23)cc1. The number of aryl methyl sites for hydroxylation is 1. The minimum Gasteiger partial charge on any atom is -0.354 e. The molecule has 0 bridgehead atoms. The lowest BCUT2D eigenvalue weighted by Crippen LogP contribution is -2.45. The van der Waals surface area contributed by atoms with Gasteiger partial charge in [-0.1, -0.05) is 122 Å². The summed E-state index contributed by atoms with van der Waals surface area (Å²) in [7, 11) is 2.45. The molecule has 0 fully saturated rings. The third kappa shape index (κ3) is 3.87. The van der Waals surface area contributed by atoms with Crippen LogP contribution in [0.1, 0.15) is 30.5 Å². The van der Waals surface area contributed by atoms with E-state index in [-0.39, 0.29) is 5.41 Å². The van der Waals surface area contributed by atoms with Crippen molar-refractivity contribution in [2.24, 2.45) is 0 Å². The fraction of sp³-hybridized carbons (Fsp3) is 0.0909. The Morgan fingerprint density at radius 1 is 0.667 bits per heavy atom. The second kappa shape index (κ2) is 10.1. The van der Waals surface area contributed by atoms with Crippen LogP contribution >= 0.6 is 11.3 Å². The van der Waals surface area contributed by atoms with Gasteiger partial charge in [0.2, 0.25) is 0 Å². The molecule has 8 aromatic rings. The van der Waals surface area contributed by atoms with E-state index in [1.165, 1.54) is 86.7 Å². The first-order valence-corrected chi connectivity index (χ1v) is 17.5. The van der Waals surface area contributed by atoms with Gasteiger partial charge in [-0.25, -0.2) is 0 Å². The topological polar surface area (TPSA) is 15.3 Å². The van der Waals surface area contributed by atoms with Crippen LogP contribution in [0.5, 0.6) is 0 Å². The molecule has 0 amide bonds. The summed E-state index contributed by atoms with van der Waals surface area (Å²) in [6, 6.07) is 49.4. The Kier molecular flexibility index (Phi) is 5.84. The predicted octanol–water partition coefficient (Wildman–Crippen LogP) is 11.0. The molecule has 1 radical (unpaired) electrons. The van der Waals surface area contributed by atoms with E-state index < -0.39 is 0 Å². The van der Waals surface area contributed by atoms with Crippen LogP contribution in [0.4, 0.5) is 28.4 Å². The van der Waals surface area contributed by atoms with Crippen LogP contribution in [-0.4, -0.2) is 7.28 Å². The van der Waals surface area contributed by atoms with Gasteiger partial charge in [0.25, 0.3) is 0 Å². The number of anilines is 5. The quantitative estimate of drug-likeness (QED) is 0.195. The summed E-state index contributed by atoms with van der Waals surface area (Å²) in [5.41, 5.74) is 14.9. The van der Waals surface area contributed by atoms with E-state index in [2.05, 4.69) is 172 Å². The molecule has 3 heterocycles. The smallest absolute Gasteiger partial charge is 0.197 e. The van der Waals surface area contributed by atoms with Gasteiger partial charge in [0, 0.05) is 48.2 Å². The van der Waals surface area contributed by atoms with Crippen molar-refractivity contribution in [2.45, 2.75) is 26.2 Å². The molecule has 0 saturated carbocycles. The molecular weight excluding hydrogens is 599 g/mol. The minimum absolute atomic E-state index is 0.111. The molecule has 4 heteroatoms. The average molecular weight is 632 g/mol. The van der Waals surface area contributed by atoms with E-state index in [0.717, 1.165) is 11.4 Å². The maximum Gasteiger partial charge on any atom is 0.197 e. The third-order valence-electron chi connectivity index (χ3n) is 10.5. The molecular formula is C44H32BN2S. The number of nitrogens with one attached hydrogen (secondary N) is 1. The molecule has 0 atom stereocenters. The summed E-state index contributed by atoms with van der Waals surface area (Å²) >= 11 is 1.87. The van der Waals surface area contributed by atoms with E-state index in [0.29, 0.717) is 0 Å². The maximum atomic E-state index is 3.96. The average Bonchev–Trinajstić information content (AvgIpc) is 3.49. The molecule has 1 N–H and O–H groups in total. The minimum atomic E-state index is -0.111. The highest BCUT2D eigenvalue weighted by molar-refractivity contribution is 7.26. The lowest BCUT2D eigenvalue weighted by molar-refractivity contribution is 0.632. The number of para-hydroxylation sites is 2. The lowest BCUT2D eigenvalue weighted by atomic mass is 9.55. The van der Waals surface area contributed by atoms with Gasteiger partial charge in [-0.2, -0.15) is 0 Å². The highest BCUT2D eigenvalue weighted by atomic mass is 32.1. The van der Waals surface area contributed by atoms with Crippen molar-refractivity contribution in [1.82, 2.24) is 0 Å². The fourth-order valence-corrected chi connectivity index (χ4v) is 9.32. The first-order valence-electron chi connectivity index (χ1n) is 16.7. The summed E-state index contributed by atoms with van der Waals surface area (Å²) in [5, 5.41) is 9.01. The van der Waals surface area contributed by atoms with Crippen LogP contribution in [0.3, 0.4) is 0 Å². The van der Waals surface area contributed by atoms with Crippen LogP contribution < -0.4 is 21.1 Å². The molecule has 1 aromatic heterocycles. The van der Waals surface area contributed by atoms with Gasteiger partial charge in [0.05, 0.1) is 11.4 Å². The second-order valence-corrected chi connectivity index (χ2v) is 14.8. The third-order valence-corrected chi connectivity index (χ3v) is 11.7. The van der Waals surface area contributed by atoms with Crippen molar-refractivity contribution >= 4 is 88.9 Å². The van der Waals surface area contributed by atoms with E-state index in [1.807, 2.05) is 11.3 Å². The number of hydrogen-bond donors (Lipinski definition) is 1. The molecule has 2 aliphatic heterocycles. The van der Waals surface area contributed by atoms with Gasteiger partial charge >= 0.3 is 0 Å². The lowest BCUT2D eigenvalue weighted by Gasteiger charge is -2.46. The van der Waals surface area contributed by atoms with Crippen LogP contribution in [-0.2, 0) is 5.41 Å². The molecule has 227 valence electrons. The standard InChI is InChI=1S/C44H32BN2S/c1-26-19-21-28(22-20-26)46-42-31(23-24-38-40(42)30-13-6-9-18-37(30)48-38)39-29-12-5-4-11-27(29)25-36-41(39)45-34-16-10-15-33-43(34)47(36)35-17-8-7-14-32(35)44(33,2)3/h4-25,46H,1-3H3. The molecule has 2 aliphatic rings. The molecule has 10 rings (SSSR count). The Bertz CT molecular complexity index is 2610. The van der Waals surface area contributed by atoms with Crippen LogP contribution in [0.15, 0.2) is 133 Å². The van der Waals surface area contributed by atoms with Crippen molar-refractivity contribution < 1.29 is 0 Å². The summed E-state index contributed by atoms with van der Waals surface area (Å²) in [6.07, 6.45) is 0. The second-order valence-electron chi connectivity index (χ2n) is 13.7. The molecule has 0 spiro atoms. The summed E-state index contributed by atoms with van der Waals surface area (Å²) in [5.74, 6) is 0. The van der Waals surface area contributed by atoms with Gasteiger partial charge in [0.1, 0.15) is 0 Å². The van der Waals surface area contributed by atoms with Gasteiger partial charge in [-0.15, -0.1) is 11.3 Å². The number of hydrogen-bond acceptors (Lipinski definition) is 3. The Morgan fingerprint density at radius 2 is 1.42 bits per heavy atom. The first-order chi connectivity index (χ1) is 23.5. The zero-order chi connectivity index (χ0) is 32.1. The molecule has 7 aromatic carbocycles. The number of fused-ring (bicyclic) bond motifs is 8. The Labute approximate surface area is 285 Å². The van der Waals surface area contributed by atoms with Crippen LogP contribution in [0.2, 0.25) is 0 Å². The highest BCUT2D eigenvalue weighted by Crippen LogP contribution is 2.53. The van der Waals surface area contributed by atoms with Gasteiger partial charge in [-0.05, 0) is 76.2 Å². The van der Waals surface area contributed by atoms with Crippen LogP contribution in [0.25, 0.3) is 42.1 Å². The normalized spacial score (nSPS) is 14.0. The van der Waals surface area contributed by atoms with E-state index in [9.17, 15) is 0 Å². The Balaban J connectivity index is 1.32. The zero-order valence-electron chi connectivity index (χ0n) is 27.1. The summed E-state index contributed by atoms with van der Waals surface area (Å²) in [6.45, 7) is 6.87. The van der Waals surface area contributed by atoms with E-state index >= 15 is 0 Å². The molecule has 0 saturated heterocycles. The van der Waals surface area contributed by atoms with Gasteiger partial charge < -0.3 is 10.2 Å². The predicted molar refractivity (Wildman–Crippen MR) is 209 cm³/mol. The van der Waals surface area contributed by atoms with E-state index in [4.69, 9.17) is 0 Å². The number of thiophene rings is 1. The first kappa shape index (κ1) is 27.8. The van der Waals surface area contributed by atoms with Crippen LogP contribution in [0, 0.1) is 6.92 Å². The highest BCUT2D eigenvalue weighted by Gasteiger charge is 2.41. The number of rotatable bonds is 3. The summed E-state index contributed by atoms with van der Waals surface area (Å²) < 4.78 is 2.59. The molecule has 0 aliphatic carbocycles. The molecule has 0 unspecified atom stereocenters. The van der Waals surface area contributed by atoms with Crippen molar-refractivity contribution in [3.63, 3.8) is 0 Å². The monoisotopic (exact) mass is 631 g/mol. The maximum absolute atomic E-state index is 3.96. The Morgan fingerprint density at radius 3 is 2.29 bits per heavy atom. The number of nitrogens with zero attached hydrogens (tertiary/aromatic N) is 1. The van der Waals surface area contributed by atoms with Crippen molar-refractivity contribution in [3.8, 4) is 11.1 Å². The Hall–Kier alpha value is -5.32. The van der Waals surface area contributed by atoms with Gasteiger partial charge in [-0.3, -0.25) is 0 Å². The number of benzene rings is 7. The molecule has 2 nitrogen and oxygen atoms in total. The summed E-state index contributed by atoms with van der Waals surface area (Å²) in [4.78, 5) is 2.54. The zero-order valence-corrected chi connectivity index (χ0v) is 28.0. The van der Waals surface area contributed by atoms with Crippen molar-refractivity contribution in [3.05, 3.63) is 150 Å². The van der Waals surface area contributed by atoms with Gasteiger partial charge in [0.15, 0.2) is 7.28 Å². The van der Waals surface area contributed by atoms with Crippen molar-refractivity contribution in [1.29, 1.82) is 0 Å². The van der Waals surface area contributed by atoms with Crippen molar-refractivity contribution in [2.75, 3.05) is 10.2 Å². The molecule has 48 heavy (non-hydrogen) atoms.